The highest BCUT2D eigenvalue weighted by molar-refractivity contribution is 7.11. The van der Waals surface area contributed by atoms with Gasteiger partial charge in [0, 0.05) is 16.7 Å². The number of benzene rings is 1. The Balaban J connectivity index is 1.85. The number of rotatable bonds is 3. The molecule has 2 N–H and O–H groups in total. The number of hydrogen-bond acceptors (Lipinski definition) is 4. The summed E-state index contributed by atoms with van der Waals surface area (Å²) in [4.78, 5) is 5.78. The van der Waals surface area contributed by atoms with E-state index in [0.29, 0.717) is 0 Å². The summed E-state index contributed by atoms with van der Waals surface area (Å²) in [5, 5.41) is 2.17. The van der Waals surface area contributed by atoms with Gasteiger partial charge < -0.3 is 10.2 Å². The Hall–Kier alpha value is -1.65. The summed E-state index contributed by atoms with van der Waals surface area (Å²) in [5.41, 5.74) is 8.21. The first-order valence-electron chi connectivity index (χ1n) is 6.30. The predicted molar refractivity (Wildman–Crippen MR) is 78.4 cm³/mol. The molecule has 3 aromatic rings. The molecule has 0 amide bonds. The van der Waals surface area contributed by atoms with E-state index in [1.54, 1.807) is 11.3 Å². The zero-order valence-electron chi connectivity index (χ0n) is 11.0. The molecule has 0 fully saturated rings. The third-order valence-electron chi connectivity index (χ3n) is 3.28. The largest absolute Gasteiger partial charge is 0.459 e. The minimum atomic E-state index is -0.141. The molecule has 4 heteroatoms. The van der Waals surface area contributed by atoms with E-state index in [9.17, 15) is 0 Å². The Morgan fingerprint density at radius 2 is 2.11 bits per heavy atom. The van der Waals surface area contributed by atoms with Crippen LogP contribution in [-0.4, -0.2) is 4.98 Å². The Morgan fingerprint density at radius 1 is 1.32 bits per heavy atom. The van der Waals surface area contributed by atoms with E-state index < -0.39 is 0 Å². The van der Waals surface area contributed by atoms with Crippen LogP contribution in [0.15, 0.2) is 34.7 Å². The van der Waals surface area contributed by atoms with Crippen LogP contribution in [-0.2, 0) is 6.42 Å². The second-order valence-electron chi connectivity index (χ2n) is 4.75. The third-order valence-corrected chi connectivity index (χ3v) is 4.37. The number of aromatic nitrogens is 1. The molecule has 2 aromatic heterocycles. The molecule has 1 unspecified atom stereocenters. The van der Waals surface area contributed by atoms with Crippen LogP contribution in [0.1, 0.15) is 27.4 Å². The normalized spacial score (nSPS) is 13.0. The predicted octanol–water partition coefficient (Wildman–Crippen LogP) is 3.75. The van der Waals surface area contributed by atoms with Crippen molar-refractivity contribution in [2.75, 3.05) is 0 Å². The van der Waals surface area contributed by atoms with Crippen LogP contribution < -0.4 is 5.73 Å². The molecule has 2 heterocycles. The van der Waals surface area contributed by atoms with Gasteiger partial charge in [-0.25, -0.2) is 4.98 Å². The van der Waals surface area contributed by atoms with E-state index in [2.05, 4.69) is 11.9 Å². The van der Waals surface area contributed by atoms with E-state index >= 15 is 0 Å². The number of hydrogen-bond donors (Lipinski definition) is 1. The van der Waals surface area contributed by atoms with Gasteiger partial charge in [-0.15, -0.1) is 11.3 Å². The van der Waals surface area contributed by atoms with Crippen LogP contribution in [0.2, 0.25) is 0 Å². The molecular formula is C15H16N2OS. The van der Waals surface area contributed by atoms with E-state index in [1.807, 2.05) is 37.3 Å². The highest BCUT2D eigenvalue weighted by Gasteiger charge is 2.15. The summed E-state index contributed by atoms with van der Waals surface area (Å²) in [7, 11) is 0. The number of thiazole rings is 1. The van der Waals surface area contributed by atoms with E-state index in [0.717, 1.165) is 33.9 Å². The maximum atomic E-state index is 6.22. The molecular weight excluding hydrogens is 256 g/mol. The van der Waals surface area contributed by atoms with Crippen molar-refractivity contribution >= 4 is 22.3 Å². The second-order valence-corrected chi connectivity index (χ2v) is 6.03. The fraction of sp³-hybridized carbons (Fsp3) is 0.267. The quantitative estimate of drug-likeness (QED) is 0.790. The second kappa shape index (κ2) is 4.79. The first-order valence-corrected chi connectivity index (χ1v) is 7.12. The summed E-state index contributed by atoms with van der Waals surface area (Å²) < 4.78 is 5.79. The summed E-state index contributed by atoms with van der Waals surface area (Å²) in [6, 6.07) is 9.84. The molecule has 0 aliphatic heterocycles. The Labute approximate surface area is 116 Å². The fourth-order valence-electron chi connectivity index (χ4n) is 2.10. The van der Waals surface area contributed by atoms with Gasteiger partial charge in [-0.2, -0.15) is 0 Å². The zero-order chi connectivity index (χ0) is 13.4. The lowest BCUT2D eigenvalue weighted by atomic mass is 10.1. The topological polar surface area (TPSA) is 52.0 Å². The van der Waals surface area contributed by atoms with Gasteiger partial charge in [0.1, 0.15) is 11.3 Å². The van der Waals surface area contributed by atoms with Crippen molar-refractivity contribution in [2.24, 2.45) is 5.73 Å². The summed E-state index contributed by atoms with van der Waals surface area (Å²) >= 11 is 1.71. The SMILES string of the molecule is Cc1nc(CC(N)c2cc3ccccc3o2)sc1C. The smallest absolute Gasteiger partial charge is 0.134 e. The molecule has 0 saturated heterocycles. The van der Waals surface area contributed by atoms with E-state index in [1.165, 1.54) is 4.88 Å². The van der Waals surface area contributed by atoms with Crippen molar-refractivity contribution in [3.8, 4) is 0 Å². The van der Waals surface area contributed by atoms with Crippen molar-refractivity contribution in [3.05, 3.63) is 51.7 Å². The van der Waals surface area contributed by atoms with Gasteiger partial charge in [0.2, 0.25) is 0 Å². The first-order chi connectivity index (χ1) is 9.13. The van der Waals surface area contributed by atoms with Crippen molar-refractivity contribution in [3.63, 3.8) is 0 Å². The van der Waals surface area contributed by atoms with Crippen LogP contribution in [0.4, 0.5) is 0 Å². The maximum absolute atomic E-state index is 6.22. The third kappa shape index (κ3) is 2.41. The lowest BCUT2D eigenvalue weighted by Gasteiger charge is -2.05. The van der Waals surface area contributed by atoms with Gasteiger partial charge in [-0.3, -0.25) is 0 Å². The maximum Gasteiger partial charge on any atom is 0.134 e. The van der Waals surface area contributed by atoms with Crippen molar-refractivity contribution in [1.29, 1.82) is 0 Å². The Bertz CT molecular complexity index is 661. The summed E-state index contributed by atoms with van der Waals surface area (Å²) in [6.07, 6.45) is 0.721. The van der Waals surface area contributed by atoms with E-state index in [-0.39, 0.29) is 6.04 Å². The molecule has 0 aliphatic rings. The number of para-hydroxylation sites is 1. The minimum absolute atomic E-state index is 0.141. The summed E-state index contributed by atoms with van der Waals surface area (Å²) in [6.45, 7) is 4.12. The monoisotopic (exact) mass is 272 g/mol. The molecule has 1 atom stereocenters. The zero-order valence-corrected chi connectivity index (χ0v) is 11.8. The molecule has 1 aromatic carbocycles. The molecule has 0 saturated carbocycles. The lowest BCUT2D eigenvalue weighted by Crippen LogP contribution is -2.12. The molecule has 3 nitrogen and oxygen atoms in total. The van der Waals surface area contributed by atoms with Gasteiger partial charge in [0.05, 0.1) is 16.7 Å². The van der Waals surface area contributed by atoms with Crippen LogP contribution in [0.25, 0.3) is 11.0 Å². The first kappa shape index (κ1) is 12.4. The van der Waals surface area contributed by atoms with Crippen molar-refractivity contribution < 1.29 is 4.42 Å². The van der Waals surface area contributed by atoms with Crippen LogP contribution in [0, 0.1) is 13.8 Å². The fourth-order valence-corrected chi connectivity index (χ4v) is 3.09. The van der Waals surface area contributed by atoms with E-state index in [4.69, 9.17) is 10.2 Å². The lowest BCUT2D eigenvalue weighted by molar-refractivity contribution is 0.493. The average Bonchev–Trinajstić information content (AvgIpc) is 2.93. The Morgan fingerprint density at radius 3 is 2.79 bits per heavy atom. The Kier molecular flexibility index (Phi) is 3.12. The van der Waals surface area contributed by atoms with Gasteiger partial charge >= 0.3 is 0 Å². The number of aryl methyl sites for hydroxylation is 2. The number of furan rings is 1. The minimum Gasteiger partial charge on any atom is -0.459 e. The highest BCUT2D eigenvalue weighted by atomic mass is 32.1. The van der Waals surface area contributed by atoms with Gasteiger partial charge in [-0.1, -0.05) is 18.2 Å². The standard InChI is InChI=1S/C15H16N2OS/c1-9-10(2)19-15(17-9)8-12(16)14-7-11-5-3-4-6-13(11)18-14/h3-7,12H,8,16H2,1-2H3. The number of nitrogens with two attached hydrogens (primary N) is 1. The van der Waals surface area contributed by atoms with Crippen molar-refractivity contribution in [1.82, 2.24) is 4.98 Å². The molecule has 98 valence electrons. The molecule has 0 bridgehead atoms. The molecule has 0 aliphatic carbocycles. The molecule has 0 radical (unpaired) electrons. The number of fused-ring (bicyclic) bond motifs is 1. The van der Waals surface area contributed by atoms with Gasteiger partial charge in [0.25, 0.3) is 0 Å². The van der Waals surface area contributed by atoms with Gasteiger partial charge in [-0.05, 0) is 26.0 Å². The van der Waals surface area contributed by atoms with Crippen LogP contribution >= 0.6 is 11.3 Å². The molecule has 19 heavy (non-hydrogen) atoms. The van der Waals surface area contributed by atoms with Gasteiger partial charge in [0.15, 0.2) is 0 Å². The molecule has 3 rings (SSSR count). The molecule has 0 spiro atoms. The summed E-state index contributed by atoms with van der Waals surface area (Å²) in [5.74, 6) is 0.826. The van der Waals surface area contributed by atoms with Crippen molar-refractivity contribution in [2.45, 2.75) is 26.3 Å². The van der Waals surface area contributed by atoms with Crippen LogP contribution in [0.3, 0.4) is 0 Å². The number of nitrogens with zero attached hydrogens (tertiary/aromatic N) is 1. The van der Waals surface area contributed by atoms with Crippen LogP contribution in [0.5, 0.6) is 0 Å². The highest BCUT2D eigenvalue weighted by Crippen LogP contribution is 2.26. The average molecular weight is 272 g/mol.